The van der Waals surface area contributed by atoms with Crippen LogP contribution < -0.4 is 5.32 Å². The van der Waals surface area contributed by atoms with Crippen molar-refractivity contribution in [1.29, 1.82) is 0 Å². The van der Waals surface area contributed by atoms with E-state index in [1.807, 2.05) is 24.3 Å². The third kappa shape index (κ3) is 5.85. The highest BCUT2D eigenvalue weighted by Crippen LogP contribution is 2.41. The first kappa shape index (κ1) is 32.8. The van der Waals surface area contributed by atoms with E-state index >= 15 is 0 Å². The quantitative estimate of drug-likeness (QED) is 0.177. The standard InChI is InChI=1S/C54H35NO2/c1-2-10-35(11-3-1)36-20-22-37(23-21-36)38-28-31-42(32-29-38)55-50-33-30-41(44-15-9-17-48-46-13-5-7-19-52(46)57-54(44)48)34-49(50)40-26-24-39(25-27-40)43-14-8-16-47-45-12-4-6-18-51(45)56-53(43)47/h1-34,55H. The van der Waals surface area contributed by atoms with Crippen LogP contribution in [0.25, 0.3) is 99.5 Å². The summed E-state index contributed by atoms with van der Waals surface area (Å²) in [5, 5.41) is 8.26. The molecule has 2 heterocycles. The lowest BCUT2D eigenvalue weighted by atomic mass is 9.94. The van der Waals surface area contributed by atoms with Crippen molar-refractivity contribution in [3.63, 3.8) is 0 Å². The molecule has 9 aromatic carbocycles. The number of furan rings is 2. The Balaban J connectivity index is 0.968. The molecule has 0 saturated carbocycles. The van der Waals surface area contributed by atoms with Gasteiger partial charge in [0.25, 0.3) is 0 Å². The zero-order valence-corrected chi connectivity index (χ0v) is 30.9. The van der Waals surface area contributed by atoms with Crippen LogP contribution in [0.15, 0.2) is 215 Å². The molecule has 268 valence electrons. The van der Waals surface area contributed by atoms with Crippen LogP contribution in [0.5, 0.6) is 0 Å². The monoisotopic (exact) mass is 729 g/mol. The maximum atomic E-state index is 6.48. The third-order valence-corrected chi connectivity index (χ3v) is 11.1. The van der Waals surface area contributed by atoms with E-state index in [0.29, 0.717) is 0 Å². The average Bonchev–Trinajstić information content (AvgIpc) is 3.86. The Labute approximate surface area is 330 Å². The third-order valence-electron chi connectivity index (χ3n) is 11.1. The van der Waals surface area contributed by atoms with Gasteiger partial charge in [-0.2, -0.15) is 0 Å². The molecular formula is C54H35NO2. The zero-order valence-electron chi connectivity index (χ0n) is 30.9. The molecule has 0 radical (unpaired) electrons. The van der Waals surface area contributed by atoms with Crippen LogP contribution in [0.1, 0.15) is 0 Å². The molecule has 57 heavy (non-hydrogen) atoms. The van der Waals surface area contributed by atoms with Crippen molar-refractivity contribution in [3.05, 3.63) is 206 Å². The predicted molar refractivity (Wildman–Crippen MR) is 238 cm³/mol. The fourth-order valence-corrected chi connectivity index (χ4v) is 8.23. The fraction of sp³-hybridized carbons (Fsp3) is 0. The number of benzene rings is 9. The summed E-state index contributed by atoms with van der Waals surface area (Å²) < 4.78 is 12.9. The summed E-state index contributed by atoms with van der Waals surface area (Å²) in [6, 6.07) is 72.7. The van der Waals surface area contributed by atoms with Gasteiger partial charge in [0.15, 0.2) is 0 Å². The first-order valence-electron chi connectivity index (χ1n) is 19.3. The highest BCUT2D eigenvalue weighted by atomic mass is 16.3. The van der Waals surface area contributed by atoms with Gasteiger partial charge in [-0.25, -0.2) is 0 Å². The molecule has 0 bridgehead atoms. The Hall–Kier alpha value is -7.62. The molecule has 0 fully saturated rings. The van der Waals surface area contributed by atoms with E-state index in [-0.39, 0.29) is 0 Å². The number of fused-ring (bicyclic) bond motifs is 6. The number of rotatable bonds is 7. The summed E-state index contributed by atoms with van der Waals surface area (Å²) in [7, 11) is 0. The van der Waals surface area contributed by atoms with Crippen molar-refractivity contribution < 1.29 is 8.83 Å². The Morgan fingerprint density at radius 3 is 1.28 bits per heavy atom. The van der Waals surface area contributed by atoms with E-state index in [2.05, 4.69) is 187 Å². The van der Waals surface area contributed by atoms with Gasteiger partial charge in [-0.15, -0.1) is 0 Å². The Bertz CT molecular complexity index is 3230. The van der Waals surface area contributed by atoms with Crippen molar-refractivity contribution in [2.45, 2.75) is 0 Å². The van der Waals surface area contributed by atoms with Gasteiger partial charge in [0, 0.05) is 49.6 Å². The first-order chi connectivity index (χ1) is 28.2. The van der Waals surface area contributed by atoms with Gasteiger partial charge in [-0.3, -0.25) is 0 Å². The smallest absolute Gasteiger partial charge is 0.143 e. The summed E-state index contributed by atoms with van der Waals surface area (Å²) in [6.07, 6.45) is 0. The van der Waals surface area contributed by atoms with Crippen molar-refractivity contribution in [3.8, 4) is 55.6 Å². The highest BCUT2D eigenvalue weighted by Gasteiger charge is 2.16. The van der Waals surface area contributed by atoms with Crippen LogP contribution in [0.4, 0.5) is 11.4 Å². The molecule has 0 spiro atoms. The molecule has 11 aromatic rings. The number of hydrogen-bond donors (Lipinski definition) is 1. The highest BCUT2D eigenvalue weighted by molar-refractivity contribution is 6.11. The Morgan fingerprint density at radius 2 is 0.702 bits per heavy atom. The average molecular weight is 730 g/mol. The van der Waals surface area contributed by atoms with Gasteiger partial charge in [0.1, 0.15) is 22.3 Å². The second-order valence-corrected chi connectivity index (χ2v) is 14.5. The van der Waals surface area contributed by atoms with Gasteiger partial charge in [-0.1, -0.05) is 170 Å². The number of hydrogen-bond acceptors (Lipinski definition) is 3. The minimum Gasteiger partial charge on any atom is -0.455 e. The van der Waals surface area contributed by atoms with Crippen LogP contribution in [-0.4, -0.2) is 0 Å². The van der Waals surface area contributed by atoms with Gasteiger partial charge in [0.05, 0.1) is 0 Å². The lowest BCUT2D eigenvalue weighted by Crippen LogP contribution is -1.95. The van der Waals surface area contributed by atoms with E-state index in [4.69, 9.17) is 8.83 Å². The molecule has 0 saturated heterocycles. The predicted octanol–water partition coefficient (Wildman–Crippen LogP) is 15.6. The molecule has 0 unspecified atom stereocenters. The Kier molecular flexibility index (Phi) is 7.82. The van der Waals surface area contributed by atoms with E-state index in [9.17, 15) is 0 Å². The van der Waals surface area contributed by atoms with E-state index in [1.165, 1.54) is 22.3 Å². The van der Waals surface area contributed by atoms with Crippen LogP contribution in [-0.2, 0) is 0 Å². The zero-order chi connectivity index (χ0) is 37.7. The van der Waals surface area contributed by atoms with Crippen LogP contribution in [0.3, 0.4) is 0 Å². The first-order valence-corrected chi connectivity index (χ1v) is 19.3. The lowest BCUT2D eigenvalue weighted by molar-refractivity contribution is 0.669. The summed E-state index contributed by atoms with van der Waals surface area (Å²) in [5.41, 5.74) is 16.9. The van der Waals surface area contributed by atoms with Gasteiger partial charge < -0.3 is 14.2 Å². The minimum atomic E-state index is 0.893. The SMILES string of the molecule is c1ccc(-c2ccc(-c3ccc(Nc4ccc(-c5cccc6c5oc5ccccc56)cc4-c4ccc(-c5cccc6c5oc5ccccc56)cc4)cc3)cc2)cc1. The molecule has 11 rings (SSSR count). The molecule has 0 amide bonds. The van der Waals surface area contributed by atoms with Crippen molar-refractivity contribution in [1.82, 2.24) is 0 Å². The normalized spacial score (nSPS) is 11.5. The fourth-order valence-electron chi connectivity index (χ4n) is 8.23. The van der Waals surface area contributed by atoms with Crippen LogP contribution in [0.2, 0.25) is 0 Å². The molecule has 0 aliphatic carbocycles. The minimum absolute atomic E-state index is 0.893. The van der Waals surface area contributed by atoms with E-state index in [1.54, 1.807) is 0 Å². The summed E-state index contributed by atoms with van der Waals surface area (Å²) >= 11 is 0. The molecule has 0 aliphatic rings. The van der Waals surface area contributed by atoms with Gasteiger partial charge >= 0.3 is 0 Å². The van der Waals surface area contributed by atoms with Crippen molar-refractivity contribution in [2.75, 3.05) is 5.32 Å². The Morgan fingerprint density at radius 1 is 0.281 bits per heavy atom. The molecule has 1 N–H and O–H groups in total. The summed E-state index contributed by atoms with van der Waals surface area (Å²) in [5.74, 6) is 0. The maximum Gasteiger partial charge on any atom is 0.143 e. The molecule has 0 atom stereocenters. The van der Waals surface area contributed by atoms with Gasteiger partial charge in [0.2, 0.25) is 0 Å². The number of anilines is 2. The molecule has 0 aliphatic heterocycles. The second-order valence-electron chi connectivity index (χ2n) is 14.5. The van der Waals surface area contributed by atoms with Gasteiger partial charge in [-0.05, 0) is 75.3 Å². The van der Waals surface area contributed by atoms with Crippen LogP contribution >= 0.6 is 0 Å². The number of para-hydroxylation sites is 4. The molecular weight excluding hydrogens is 695 g/mol. The van der Waals surface area contributed by atoms with Crippen molar-refractivity contribution in [2.24, 2.45) is 0 Å². The summed E-state index contributed by atoms with van der Waals surface area (Å²) in [4.78, 5) is 0. The molecule has 2 aromatic heterocycles. The largest absolute Gasteiger partial charge is 0.455 e. The molecule has 3 heteroatoms. The maximum absolute atomic E-state index is 6.48. The topological polar surface area (TPSA) is 38.3 Å². The number of nitrogens with one attached hydrogen (secondary N) is 1. The van der Waals surface area contributed by atoms with Crippen LogP contribution in [0, 0.1) is 0 Å². The van der Waals surface area contributed by atoms with E-state index < -0.39 is 0 Å². The van der Waals surface area contributed by atoms with Crippen molar-refractivity contribution >= 4 is 55.3 Å². The summed E-state index contributed by atoms with van der Waals surface area (Å²) in [6.45, 7) is 0. The second kappa shape index (κ2) is 13.6. The molecule has 3 nitrogen and oxygen atoms in total. The van der Waals surface area contributed by atoms with E-state index in [0.717, 1.165) is 88.6 Å². The lowest BCUT2D eigenvalue weighted by Gasteiger charge is -2.16.